The lowest BCUT2D eigenvalue weighted by Gasteiger charge is -2.28. The zero-order chi connectivity index (χ0) is 15.0. The largest absolute Gasteiger partial charge is 0.376 e. The van der Waals surface area contributed by atoms with Crippen molar-refractivity contribution in [3.05, 3.63) is 34.9 Å². The molecule has 2 unspecified atom stereocenters. The fourth-order valence-corrected chi connectivity index (χ4v) is 3.94. The Bertz CT molecular complexity index is 624. The Morgan fingerprint density at radius 1 is 1.38 bits per heavy atom. The summed E-state index contributed by atoms with van der Waals surface area (Å²) in [4.78, 5) is 0. The molecule has 0 aliphatic carbocycles. The van der Waals surface area contributed by atoms with E-state index in [4.69, 9.17) is 10.5 Å². The van der Waals surface area contributed by atoms with Gasteiger partial charge in [0.25, 0.3) is 0 Å². The van der Waals surface area contributed by atoms with E-state index in [1.54, 1.807) is 0 Å². The van der Waals surface area contributed by atoms with Crippen LogP contribution in [0, 0.1) is 0 Å². The number of fused-ring (bicyclic) bond motifs is 1. The second-order valence-corrected chi connectivity index (χ2v) is 7.93. The minimum absolute atomic E-state index is 0.0812. The summed E-state index contributed by atoms with van der Waals surface area (Å²) in [5.41, 5.74) is 9.62. The monoisotopic (exact) mass is 310 g/mol. The molecule has 0 aromatic heterocycles. The summed E-state index contributed by atoms with van der Waals surface area (Å²) in [6, 6.07) is 6.06. The molecule has 2 atom stereocenters. The van der Waals surface area contributed by atoms with Gasteiger partial charge in [-0.15, -0.1) is 0 Å². The maximum absolute atomic E-state index is 11.7. The van der Waals surface area contributed by atoms with Crippen LogP contribution in [0.5, 0.6) is 0 Å². The highest BCUT2D eigenvalue weighted by Crippen LogP contribution is 2.28. The van der Waals surface area contributed by atoms with Gasteiger partial charge in [-0.05, 0) is 36.0 Å². The average molecular weight is 310 g/mol. The molecule has 0 bridgehead atoms. The van der Waals surface area contributed by atoms with Crippen molar-refractivity contribution in [2.75, 3.05) is 19.4 Å². The molecule has 1 fully saturated rings. The molecule has 0 saturated carbocycles. The van der Waals surface area contributed by atoms with Crippen molar-refractivity contribution < 1.29 is 13.2 Å². The smallest absolute Gasteiger partial charge is 0.211 e. The molecule has 0 spiro atoms. The van der Waals surface area contributed by atoms with Crippen LogP contribution in [0.2, 0.25) is 0 Å². The normalized spacial score (nSPS) is 24.8. The number of hydrogen-bond acceptors (Lipinski definition) is 4. The zero-order valence-electron chi connectivity index (χ0n) is 12.3. The lowest BCUT2D eigenvalue weighted by molar-refractivity contribution is 0.0900. The number of nitrogens with two attached hydrogens (primary N) is 1. The summed E-state index contributed by atoms with van der Waals surface area (Å²) in [5, 5.41) is 0. The minimum Gasteiger partial charge on any atom is -0.376 e. The Labute approximate surface area is 126 Å². The van der Waals surface area contributed by atoms with Crippen molar-refractivity contribution in [2.45, 2.75) is 38.0 Å². The van der Waals surface area contributed by atoms with Gasteiger partial charge in [-0.3, -0.25) is 0 Å². The van der Waals surface area contributed by atoms with E-state index in [2.05, 4.69) is 18.2 Å². The van der Waals surface area contributed by atoms with E-state index in [1.165, 1.54) is 16.1 Å². The van der Waals surface area contributed by atoms with Gasteiger partial charge in [0.1, 0.15) is 0 Å². The summed E-state index contributed by atoms with van der Waals surface area (Å²) >= 11 is 0. The highest BCUT2D eigenvalue weighted by Gasteiger charge is 2.27. The standard InChI is InChI=1S/C15H22N2O3S/c1-21(18,19)17-7-6-11-4-5-12(9-13(11)10-17)15(16)14-3-2-8-20-14/h4-5,9,14-15H,2-3,6-8,10,16H2,1H3. The molecule has 1 aromatic rings. The number of nitrogens with zero attached hydrogens (tertiary/aromatic N) is 1. The number of benzene rings is 1. The van der Waals surface area contributed by atoms with E-state index in [0.29, 0.717) is 13.1 Å². The van der Waals surface area contributed by atoms with Crippen molar-refractivity contribution in [2.24, 2.45) is 5.73 Å². The fourth-order valence-electron chi connectivity index (χ4n) is 3.14. The second kappa shape index (κ2) is 5.68. The number of sulfonamides is 1. The van der Waals surface area contributed by atoms with E-state index >= 15 is 0 Å². The van der Waals surface area contributed by atoms with Crippen LogP contribution in [0.1, 0.15) is 35.6 Å². The highest BCUT2D eigenvalue weighted by atomic mass is 32.2. The van der Waals surface area contributed by atoms with Crippen molar-refractivity contribution in [1.82, 2.24) is 4.31 Å². The molecule has 2 aliphatic rings. The number of ether oxygens (including phenoxy) is 1. The van der Waals surface area contributed by atoms with Crippen LogP contribution in [0.3, 0.4) is 0 Å². The first kappa shape index (κ1) is 15.0. The SMILES string of the molecule is CS(=O)(=O)N1CCc2ccc(C(N)C3CCCO3)cc2C1. The van der Waals surface area contributed by atoms with Crippen LogP contribution in [0.4, 0.5) is 0 Å². The van der Waals surface area contributed by atoms with Crippen molar-refractivity contribution in [3.63, 3.8) is 0 Å². The Kier molecular flexibility index (Phi) is 4.05. The summed E-state index contributed by atoms with van der Waals surface area (Å²) in [7, 11) is -3.14. The molecule has 6 heteroatoms. The Balaban J connectivity index is 1.83. The van der Waals surface area contributed by atoms with Gasteiger partial charge in [0.05, 0.1) is 18.4 Å². The van der Waals surface area contributed by atoms with Gasteiger partial charge >= 0.3 is 0 Å². The highest BCUT2D eigenvalue weighted by molar-refractivity contribution is 7.88. The van der Waals surface area contributed by atoms with Crippen LogP contribution < -0.4 is 5.73 Å². The topological polar surface area (TPSA) is 72.6 Å². The van der Waals surface area contributed by atoms with E-state index in [1.807, 2.05) is 0 Å². The van der Waals surface area contributed by atoms with Gasteiger partial charge < -0.3 is 10.5 Å². The lowest BCUT2D eigenvalue weighted by Crippen LogP contribution is -2.35. The summed E-state index contributed by atoms with van der Waals surface area (Å²) < 4.78 is 30.6. The Morgan fingerprint density at radius 3 is 2.86 bits per heavy atom. The molecule has 2 heterocycles. The molecule has 5 nitrogen and oxygen atoms in total. The first-order valence-corrected chi connectivity index (χ1v) is 9.24. The first-order valence-electron chi connectivity index (χ1n) is 7.39. The minimum atomic E-state index is -3.14. The Hall–Kier alpha value is -0.950. The van der Waals surface area contributed by atoms with Crippen LogP contribution >= 0.6 is 0 Å². The van der Waals surface area contributed by atoms with Gasteiger partial charge in [-0.25, -0.2) is 8.42 Å². The molecule has 1 saturated heterocycles. The van der Waals surface area contributed by atoms with E-state index in [0.717, 1.165) is 37.0 Å². The van der Waals surface area contributed by atoms with E-state index in [9.17, 15) is 8.42 Å². The third kappa shape index (κ3) is 3.13. The van der Waals surface area contributed by atoms with Gasteiger partial charge in [-0.2, -0.15) is 4.31 Å². The maximum Gasteiger partial charge on any atom is 0.211 e. The second-order valence-electron chi connectivity index (χ2n) is 5.95. The number of hydrogen-bond donors (Lipinski definition) is 1. The number of rotatable bonds is 3. The predicted molar refractivity (Wildman–Crippen MR) is 81.3 cm³/mol. The summed E-state index contributed by atoms with van der Waals surface area (Å²) in [5.74, 6) is 0. The molecule has 0 amide bonds. The zero-order valence-corrected chi connectivity index (χ0v) is 13.1. The Morgan fingerprint density at radius 2 is 2.19 bits per heavy atom. The predicted octanol–water partition coefficient (Wildman–Crippen LogP) is 1.18. The molecule has 2 aliphatic heterocycles. The molecule has 21 heavy (non-hydrogen) atoms. The first-order chi connectivity index (χ1) is 9.95. The average Bonchev–Trinajstić information content (AvgIpc) is 2.98. The molecule has 116 valence electrons. The van der Waals surface area contributed by atoms with Gasteiger partial charge in [0.2, 0.25) is 10.0 Å². The van der Waals surface area contributed by atoms with E-state index in [-0.39, 0.29) is 12.1 Å². The van der Waals surface area contributed by atoms with Crippen molar-refractivity contribution in [3.8, 4) is 0 Å². The van der Waals surface area contributed by atoms with Crippen molar-refractivity contribution >= 4 is 10.0 Å². The fraction of sp³-hybridized carbons (Fsp3) is 0.600. The van der Waals surface area contributed by atoms with Gasteiger partial charge in [0.15, 0.2) is 0 Å². The summed E-state index contributed by atoms with van der Waals surface area (Å²) in [6.45, 7) is 1.79. The maximum atomic E-state index is 11.7. The third-order valence-corrected chi connectivity index (χ3v) is 5.68. The molecule has 0 radical (unpaired) electrons. The van der Waals surface area contributed by atoms with Gasteiger partial charge in [0, 0.05) is 19.7 Å². The third-order valence-electron chi connectivity index (χ3n) is 4.43. The molecular weight excluding hydrogens is 288 g/mol. The molecule has 3 rings (SSSR count). The van der Waals surface area contributed by atoms with Gasteiger partial charge in [-0.1, -0.05) is 18.2 Å². The summed E-state index contributed by atoms with van der Waals surface area (Å²) in [6.07, 6.45) is 4.16. The molecule has 2 N–H and O–H groups in total. The van der Waals surface area contributed by atoms with Crippen LogP contribution in [-0.4, -0.2) is 38.2 Å². The lowest BCUT2D eigenvalue weighted by atomic mass is 9.93. The molecular formula is C15H22N2O3S. The molecule has 1 aromatic carbocycles. The van der Waals surface area contributed by atoms with Crippen LogP contribution in [0.25, 0.3) is 0 Å². The van der Waals surface area contributed by atoms with E-state index < -0.39 is 10.0 Å². The van der Waals surface area contributed by atoms with Crippen molar-refractivity contribution in [1.29, 1.82) is 0 Å². The van der Waals surface area contributed by atoms with Crippen LogP contribution in [0.15, 0.2) is 18.2 Å². The quantitative estimate of drug-likeness (QED) is 0.910. The van der Waals surface area contributed by atoms with Crippen LogP contribution in [-0.2, 0) is 27.7 Å².